The zero-order valence-corrected chi connectivity index (χ0v) is 13.9. The maximum atomic E-state index is 11.7. The van der Waals surface area contributed by atoms with E-state index in [1.807, 2.05) is 30.3 Å². The first-order valence-corrected chi connectivity index (χ1v) is 7.84. The van der Waals surface area contributed by atoms with Gasteiger partial charge in [0.15, 0.2) is 13.2 Å². The van der Waals surface area contributed by atoms with Gasteiger partial charge in [0.1, 0.15) is 17.6 Å². The molecule has 0 spiro atoms. The third kappa shape index (κ3) is 6.36. The van der Waals surface area contributed by atoms with Crippen LogP contribution in [0.3, 0.4) is 0 Å². The molecule has 128 valence electrons. The van der Waals surface area contributed by atoms with Crippen molar-refractivity contribution in [2.75, 3.05) is 13.2 Å². The smallest absolute Gasteiger partial charge is 0.277 e. The van der Waals surface area contributed by atoms with Gasteiger partial charge in [-0.05, 0) is 53.9 Å². The highest BCUT2D eigenvalue weighted by molar-refractivity contribution is 5.83. The van der Waals surface area contributed by atoms with Gasteiger partial charge in [0, 0.05) is 0 Å². The third-order valence-corrected chi connectivity index (χ3v) is 3.29. The molecular weight excluding hydrogens is 318 g/mol. The summed E-state index contributed by atoms with van der Waals surface area (Å²) in [6, 6.07) is 16.5. The molecule has 2 aromatic rings. The molecule has 0 bridgehead atoms. The van der Waals surface area contributed by atoms with Crippen LogP contribution in [0.25, 0.3) is 0 Å². The van der Waals surface area contributed by atoms with Crippen molar-refractivity contribution in [3.8, 4) is 17.6 Å². The Kier molecular flexibility index (Phi) is 7.01. The number of hydrogen-bond donors (Lipinski definition) is 1. The largest absolute Gasteiger partial charge is 0.484 e. The van der Waals surface area contributed by atoms with E-state index in [2.05, 4.69) is 17.5 Å². The van der Waals surface area contributed by atoms with Crippen LogP contribution in [0.2, 0.25) is 0 Å². The summed E-state index contributed by atoms with van der Waals surface area (Å²) >= 11 is 0. The topological polar surface area (TPSA) is 83.7 Å². The lowest BCUT2D eigenvalue weighted by Crippen LogP contribution is -2.24. The van der Waals surface area contributed by atoms with Crippen molar-refractivity contribution in [1.82, 2.24) is 5.43 Å². The van der Waals surface area contributed by atoms with Crippen molar-refractivity contribution in [2.24, 2.45) is 5.10 Å². The Balaban J connectivity index is 1.75. The Bertz CT molecular complexity index is 747. The van der Waals surface area contributed by atoms with Crippen LogP contribution in [0.15, 0.2) is 53.6 Å². The molecule has 25 heavy (non-hydrogen) atoms. The highest BCUT2D eigenvalue weighted by Gasteiger charge is 2.01. The predicted molar refractivity (Wildman–Crippen MR) is 94.6 cm³/mol. The Hall–Kier alpha value is -3.33. The molecule has 2 rings (SSSR count). The van der Waals surface area contributed by atoms with E-state index in [0.29, 0.717) is 11.5 Å². The Labute approximate surface area is 146 Å². The molecule has 0 atom stereocenters. The fraction of sp³-hybridized carbons (Fsp3) is 0.211. The van der Waals surface area contributed by atoms with Crippen molar-refractivity contribution in [2.45, 2.75) is 13.3 Å². The van der Waals surface area contributed by atoms with Crippen LogP contribution < -0.4 is 14.9 Å². The second kappa shape index (κ2) is 9.73. The molecule has 0 heterocycles. The second-order valence-corrected chi connectivity index (χ2v) is 5.10. The van der Waals surface area contributed by atoms with E-state index in [-0.39, 0.29) is 19.1 Å². The molecular formula is C19H19N3O3. The van der Waals surface area contributed by atoms with Crippen LogP contribution >= 0.6 is 0 Å². The molecule has 0 saturated heterocycles. The van der Waals surface area contributed by atoms with E-state index < -0.39 is 0 Å². The number of amides is 1. The van der Waals surface area contributed by atoms with E-state index >= 15 is 0 Å². The molecule has 0 aliphatic heterocycles. The van der Waals surface area contributed by atoms with Crippen LogP contribution in [-0.4, -0.2) is 25.3 Å². The van der Waals surface area contributed by atoms with Gasteiger partial charge >= 0.3 is 0 Å². The standard InChI is InChI=1S/C19H19N3O3/c1-2-15-3-7-18(8-4-15)25-14-19(23)22-21-13-16-5-9-17(10-6-16)24-12-11-20/h3-10,13H,2,12,14H2,1H3,(H,22,23)/b21-13-. The minimum absolute atomic E-state index is 0.00463. The van der Waals surface area contributed by atoms with E-state index in [4.69, 9.17) is 14.7 Å². The van der Waals surface area contributed by atoms with E-state index in [9.17, 15) is 4.79 Å². The first-order chi connectivity index (χ1) is 12.2. The molecule has 0 fully saturated rings. The number of carbonyl (C=O) groups excluding carboxylic acids is 1. The number of hydrazone groups is 1. The zero-order valence-electron chi connectivity index (χ0n) is 13.9. The first kappa shape index (κ1) is 18.0. The van der Waals surface area contributed by atoms with E-state index in [0.717, 1.165) is 12.0 Å². The predicted octanol–water partition coefficient (Wildman–Crippen LogP) is 2.68. The van der Waals surface area contributed by atoms with Crippen LogP contribution in [0.5, 0.6) is 11.5 Å². The lowest BCUT2D eigenvalue weighted by molar-refractivity contribution is -0.123. The molecule has 6 heteroatoms. The van der Waals surface area contributed by atoms with E-state index in [1.165, 1.54) is 11.8 Å². The minimum Gasteiger partial charge on any atom is -0.484 e. The fourth-order valence-electron chi connectivity index (χ4n) is 1.95. The van der Waals surface area contributed by atoms with Crippen molar-refractivity contribution >= 4 is 12.1 Å². The van der Waals surface area contributed by atoms with Crippen molar-refractivity contribution in [3.05, 3.63) is 59.7 Å². The summed E-state index contributed by atoms with van der Waals surface area (Å²) in [5.41, 5.74) is 4.41. The number of aryl methyl sites for hydroxylation is 1. The normalized spacial score (nSPS) is 10.2. The van der Waals surface area contributed by atoms with E-state index in [1.54, 1.807) is 24.3 Å². The van der Waals surface area contributed by atoms with Gasteiger partial charge in [0.2, 0.25) is 0 Å². The second-order valence-electron chi connectivity index (χ2n) is 5.10. The van der Waals surface area contributed by atoms with Crippen molar-refractivity contribution in [1.29, 1.82) is 5.26 Å². The first-order valence-electron chi connectivity index (χ1n) is 7.84. The Morgan fingerprint density at radius 1 is 1.12 bits per heavy atom. The van der Waals surface area contributed by atoms with Gasteiger partial charge in [-0.1, -0.05) is 19.1 Å². The quantitative estimate of drug-likeness (QED) is 0.593. The molecule has 0 aromatic heterocycles. The monoisotopic (exact) mass is 337 g/mol. The average Bonchev–Trinajstić information content (AvgIpc) is 2.66. The summed E-state index contributed by atoms with van der Waals surface area (Å²) < 4.78 is 10.5. The van der Waals surface area contributed by atoms with Gasteiger partial charge in [-0.25, -0.2) is 5.43 Å². The van der Waals surface area contributed by atoms with Gasteiger partial charge in [-0.3, -0.25) is 4.79 Å². The zero-order chi connectivity index (χ0) is 17.9. The number of nitriles is 1. The molecule has 0 saturated carbocycles. The van der Waals surface area contributed by atoms with Gasteiger partial charge in [0.25, 0.3) is 5.91 Å². The van der Waals surface area contributed by atoms with Gasteiger partial charge in [-0.15, -0.1) is 0 Å². The molecule has 0 aliphatic rings. The lowest BCUT2D eigenvalue weighted by Gasteiger charge is -2.05. The number of rotatable bonds is 8. The molecule has 6 nitrogen and oxygen atoms in total. The third-order valence-electron chi connectivity index (χ3n) is 3.29. The number of nitrogens with zero attached hydrogens (tertiary/aromatic N) is 2. The number of benzene rings is 2. The molecule has 0 unspecified atom stereocenters. The SMILES string of the molecule is CCc1ccc(OCC(=O)N/N=C\c2ccc(OCC#N)cc2)cc1. The van der Waals surface area contributed by atoms with Crippen LogP contribution in [0.4, 0.5) is 0 Å². The summed E-state index contributed by atoms with van der Waals surface area (Å²) in [7, 11) is 0. The summed E-state index contributed by atoms with van der Waals surface area (Å²) in [5, 5.41) is 12.3. The maximum absolute atomic E-state index is 11.7. The van der Waals surface area contributed by atoms with Crippen molar-refractivity contribution < 1.29 is 14.3 Å². The van der Waals surface area contributed by atoms with Gasteiger partial charge < -0.3 is 9.47 Å². The number of nitrogens with one attached hydrogen (secondary N) is 1. The molecule has 1 amide bonds. The van der Waals surface area contributed by atoms with Crippen LogP contribution in [0.1, 0.15) is 18.1 Å². The number of carbonyl (C=O) groups is 1. The Morgan fingerprint density at radius 3 is 2.40 bits per heavy atom. The summed E-state index contributed by atoms with van der Waals surface area (Å²) in [6.07, 6.45) is 2.48. The minimum atomic E-state index is -0.343. The maximum Gasteiger partial charge on any atom is 0.277 e. The van der Waals surface area contributed by atoms with Gasteiger partial charge in [0.05, 0.1) is 6.21 Å². The van der Waals surface area contributed by atoms with Crippen LogP contribution in [0, 0.1) is 11.3 Å². The lowest BCUT2D eigenvalue weighted by atomic mass is 10.2. The highest BCUT2D eigenvalue weighted by atomic mass is 16.5. The molecule has 0 aliphatic carbocycles. The van der Waals surface area contributed by atoms with Gasteiger partial charge in [-0.2, -0.15) is 10.4 Å². The molecule has 0 radical (unpaired) electrons. The van der Waals surface area contributed by atoms with Crippen LogP contribution in [-0.2, 0) is 11.2 Å². The number of ether oxygens (including phenoxy) is 2. The summed E-state index contributed by atoms with van der Waals surface area (Å²) in [6.45, 7) is 1.97. The highest BCUT2D eigenvalue weighted by Crippen LogP contribution is 2.12. The molecule has 2 aromatic carbocycles. The summed E-state index contributed by atoms with van der Waals surface area (Å²) in [5.74, 6) is 0.902. The summed E-state index contributed by atoms with van der Waals surface area (Å²) in [4.78, 5) is 11.7. The number of hydrogen-bond acceptors (Lipinski definition) is 5. The average molecular weight is 337 g/mol. The van der Waals surface area contributed by atoms with Crippen molar-refractivity contribution in [3.63, 3.8) is 0 Å². The fourth-order valence-corrected chi connectivity index (χ4v) is 1.95. The molecule has 1 N–H and O–H groups in total. The Morgan fingerprint density at radius 2 is 1.76 bits per heavy atom.